The van der Waals surface area contributed by atoms with E-state index >= 15 is 0 Å². The lowest BCUT2D eigenvalue weighted by atomic mass is 9.93. The van der Waals surface area contributed by atoms with Crippen molar-refractivity contribution in [1.29, 1.82) is 0 Å². The van der Waals surface area contributed by atoms with Crippen molar-refractivity contribution in [3.05, 3.63) is 88.6 Å². The van der Waals surface area contributed by atoms with Gasteiger partial charge in [-0.3, -0.25) is 4.68 Å². The highest BCUT2D eigenvalue weighted by Crippen LogP contribution is 2.37. The molecule has 1 N–H and O–H groups in total. The Bertz CT molecular complexity index is 1390. The Kier molecular flexibility index (Phi) is 6.45. The van der Waals surface area contributed by atoms with E-state index in [1.54, 1.807) is 25.3 Å². The molecule has 1 atom stereocenters. The van der Waals surface area contributed by atoms with Crippen LogP contribution in [-0.2, 0) is 6.18 Å². The van der Waals surface area contributed by atoms with Crippen molar-refractivity contribution in [3.63, 3.8) is 0 Å². The van der Waals surface area contributed by atoms with E-state index in [9.17, 15) is 23.1 Å². The van der Waals surface area contributed by atoms with Gasteiger partial charge in [0.1, 0.15) is 0 Å². The summed E-state index contributed by atoms with van der Waals surface area (Å²) in [6.45, 7) is 7.89. The highest BCUT2D eigenvalue weighted by atomic mass is 19.4. The average molecular weight is 481 g/mol. The van der Waals surface area contributed by atoms with Gasteiger partial charge >= 0.3 is 12.1 Å². The van der Waals surface area contributed by atoms with Gasteiger partial charge in [-0.1, -0.05) is 32.0 Å². The number of rotatable bonds is 6. The molecule has 0 aliphatic heterocycles. The number of benzene rings is 3. The monoisotopic (exact) mass is 480 g/mol. The molecule has 4 nitrogen and oxygen atoms in total. The molecule has 182 valence electrons. The third-order valence-electron chi connectivity index (χ3n) is 6.32. The van der Waals surface area contributed by atoms with Gasteiger partial charge < -0.3 is 5.11 Å². The zero-order valence-corrected chi connectivity index (χ0v) is 20.0. The lowest BCUT2D eigenvalue weighted by Gasteiger charge is -2.22. The summed E-state index contributed by atoms with van der Waals surface area (Å²) >= 11 is 0. The Labute approximate surface area is 202 Å². The van der Waals surface area contributed by atoms with Crippen LogP contribution in [0, 0.1) is 19.8 Å². The van der Waals surface area contributed by atoms with Gasteiger partial charge in [-0.2, -0.15) is 18.3 Å². The second-order valence-corrected chi connectivity index (χ2v) is 9.42. The molecule has 35 heavy (non-hydrogen) atoms. The Morgan fingerprint density at radius 1 is 0.971 bits per heavy atom. The van der Waals surface area contributed by atoms with Crippen LogP contribution in [0.1, 0.15) is 58.9 Å². The Morgan fingerprint density at radius 3 is 2.20 bits per heavy atom. The molecule has 0 aliphatic carbocycles. The summed E-state index contributed by atoms with van der Waals surface area (Å²) in [5, 5.41) is 14.8. The van der Waals surface area contributed by atoms with Crippen LogP contribution in [0.3, 0.4) is 0 Å². The first kappa shape index (κ1) is 24.5. The van der Waals surface area contributed by atoms with Crippen molar-refractivity contribution >= 4 is 16.9 Å². The molecule has 1 unspecified atom stereocenters. The van der Waals surface area contributed by atoms with Crippen LogP contribution in [0.4, 0.5) is 13.2 Å². The third-order valence-corrected chi connectivity index (χ3v) is 6.32. The zero-order chi connectivity index (χ0) is 25.5. The first-order valence-electron chi connectivity index (χ1n) is 11.4. The number of halogens is 3. The van der Waals surface area contributed by atoms with Crippen molar-refractivity contribution in [1.82, 2.24) is 9.78 Å². The molecule has 1 aromatic heterocycles. The van der Waals surface area contributed by atoms with Crippen LogP contribution in [0.2, 0.25) is 0 Å². The minimum atomic E-state index is -4.38. The van der Waals surface area contributed by atoms with Gasteiger partial charge in [0, 0.05) is 5.39 Å². The molecular weight excluding hydrogens is 453 g/mol. The largest absolute Gasteiger partial charge is 0.478 e. The predicted octanol–water partition coefficient (Wildman–Crippen LogP) is 7.67. The van der Waals surface area contributed by atoms with Gasteiger partial charge in [0.2, 0.25) is 0 Å². The Hall–Kier alpha value is -3.61. The number of alkyl halides is 3. The number of aryl methyl sites for hydroxylation is 2. The van der Waals surface area contributed by atoms with E-state index in [0.717, 1.165) is 45.6 Å². The number of hydrogen-bond donors (Lipinski definition) is 1. The van der Waals surface area contributed by atoms with Crippen molar-refractivity contribution in [2.45, 2.75) is 46.3 Å². The number of nitrogens with zero attached hydrogens (tertiary/aromatic N) is 2. The molecule has 0 spiro atoms. The lowest BCUT2D eigenvalue weighted by molar-refractivity contribution is -0.137. The van der Waals surface area contributed by atoms with E-state index in [1.807, 2.05) is 35.9 Å². The van der Waals surface area contributed by atoms with Gasteiger partial charge in [-0.05, 0) is 90.4 Å². The van der Waals surface area contributed by atoms with Gasteiger partial charge in [-0.15, -0.1) is 0 Å². The summed E-state index contributed by atoms with van der Waals surface area (Å²) in [5.74, 6) is -0.600. The van der Waals surface area contributed by atoms with Crippen molar-refractivity contribution in [2.75, 3.05) is 0 Å². The van der Waals surface area contributed by atoms with Crippen molar-refractivity contribution in [2.24, 2.45) is 5.92 Å². The summed E-state index contributed by atoms with van der Waals surface area (Å²) in [6, 6.07) is 14.6. The van der Waals surface area contributed by atoms with Crippen LogP contribution in [0.15, 0.2) is 60.8 Å². The minimum absolute atomic E-state index is 0.0894. The number of carboxylic acids is 1. The van der Waals surface area contributed by atoms with Crippen LogP contribution in [0.25, 0.3) is 22.0 Å². The molecule has 0 radical (unpaired) electrons. The molecule has 0 aliphatic rings. The summed E-state index contributed by atoms with van der Waals surface area (Å²) in [7, 11) is 0. The minimum Gasteiger partial charge on any atom is -0.478 e. The number of hydrogen-bond acceptors (Lipinski definition) is 2. The second-order valence-electron chi connectivity index (χ2n) is 9.42. The van der Waals surface area contributed by atoms with Crippen molar-refractivity contribution in [3.8, 4) is 11.1 Å². The maximum atomic E-state index is 13.1. The molecule has 0 amide bonds. The summed E-state index contributed by atoms with van der Waals surface area (Å²) < 4.78 is 41.3. The highest BCUT2D eigenvalue weighted by Gasteiger charge is 2.30. The standard InChI is InChI=1S/C28H27F3N2O2/c1-16(2)11-25(19-5-7-20(8-6-19)27(34)35)33-26-13-18(4)24(14-21(26)15-32-33)23-10-9-22(12-17(23)3)28(29,30)31/h5-10,12-16,25H,11H2,1-4H3,(H,34,35). The third kappa shape index (κ3) is 4.94. The smallest absolute Gasteiger partial charge is 0.416 e. The fraction of sp³-hybridized carbons (Fsp3) is 0.286. The number of carboxylic acid groups (broad SMARTS) is 1. The van der Waals surface area contributed by atoms with E-state index in [-0.39, 0.29) is 11.6 Å². The second kappa shape index (κ2) is 9.21. The molecule has 4 rings (SSSR count). The predicted molar refractivity (Wildman–Crippen MR) is 131 cm³/mol. The van der Waals surface area contributed by atoms with Gasteiger partial charge in [0.15, 0.2) is 0 Å². The molecule has 4 aromatic rings. The maximum absolute atomic E-state index is 13.1. The van der Waals surface area contributed by atoms with E-state index in [4.69, 9.17) is 0 Å². The first-order valence-corrected chi connectivity index (χ1v) is 11.4. The van der Waals surface area contributed by atoms with Crippen LogP contribution in [-0.4, -0.2) is 20.9 Å². The zero-order valence-electron chi connectivity index (χ0n) is 20.0. The fourth-order valence-electron chi connectivity index (χ4n) is 4.55. The fourth-order valence-corrected chi connectivity index (χ4v) is 4.55. The molecule has 1 heterocycles. The summed E-state index contributed by atoms with van der Waals surface area (Å²) in [4.78, 5) is 11.3. The van der Waals surface area contributed by atoms with E-state index in [1.165, 1.54) is 12.1 Å². The first-order chi connectivity index (χ1) is 16.5. The van der Waals surface area contributed by atoms with E-state index < -0.39 is 17.7 Å². The van der Waals surface area contributed by atoms with E-state index in [2.05, 4.69) is 18.9 Å². The molecule has 7 heteroatoms. The number of aromatic carboxylic acids is 1. The van der Waals surface area contributed by atoms with Crippen LogP contribution < -0.4 is 0 Å². The number of fused-ring (bicyclic) bond motifs is 1. The normalized spacial score (nSPS) is 12.9. The average Bonchev–Trinajstić information content (AvgIpc) is 3.18. The summed E-state index contributed by atoms with van der Waals surface area (Å²) in [5.41, 5.74) is 4.59. The topological polar surface area (TPSA) is 55.1 Å². The number of carbonyl (C=O) groups is 1. The molecule has 0 fully saturated rings. The molecule has 3 aromatic carbocycles. The lowest BCUT2D eigenvalue weighted by Crippen LogP contribution is -2.15. The maximum Gasteiger partial charge on any atom is 0.416 e. The Morgan fingerprint density at radius 2 is 1.63 bits per heavy atom. The number of aromatic nitrogens is 2. The van der Waals surface area contributed by atoms with Gasteiger partial charge in [0.05, 0.1) is 28.9 Å². The molecule has 0 saturated carbocycles. The molecular formula is C28H27F3N2O2. The highest BCUT2D eigenvalue weighted by molar-refractivity contribution is 5.88. The van der Waals surface area contributed by atoms with Crippen LogP contribution >= 0.6 is 0 Å². The SMILES string of the molecule is Cc1cc(C(F)(F)F)ccc1-c1cc2cnn(C(CC(C)C)c3ccc(C(=O)O)cc3)c2cc1C. The quantitative estimate of drug-likeness (QED) is 0.308. The van der Waals surface area contributed by atoms with E-state index in [0.29, 0.717) is 11.5 Å². The van der Waals surface area contributed by atoms with Crippen molar-refractivity contribution < 1.29 is 23.1 Å². The Balaban J connectivity index is 1.79. The van der Waals surface area contributed by atoms with Crippen LogP contribution in [0.5, 0.6) is 0 Å². The summed E-state index contributed by atoms with van der Waals surface area (Å²) in [6.07, 6.45) is -1.80. The van der Waals surface area contributed by atoms with Gasteiger partial charge in [-0.25, -0.2) is 4.79 Å². The molecule has 0 bridgehead atoms. The molecule has 0 saturated heterocycles. The van der Waals surface area contributed by atoms with Gasteiger partial charge in [0.25, 0.3) is 0 Å².